The number of hydrogen-bond acceptors (Lipinski definition) is 1. The van der Waals surface area contributed by atoms with E-state index in [4.69, 9.17) is 0 Å². The number of rotatable bonds is 6. The van der Waals surface area contributed by atoms with Gasteiger partial charge in [0.25, 0.3) is 0 Å². The van der Waals surface area contributed by atoms with E-state index in [9.17, 15) is 0 Å². The first-order valence-electron chi connectivity index (χ1n) is 16.3. The summed E-state index contributed by atoms with van der Waals surface area (Å²) in [6.45, 7) is 0. The fraction of sp³-hybridized carbons (Fsp3) is 0. The second-order valence-electron chi connectivity index (χ2n) is 12.2. The zero-order valence-electron chi connectivity index (χ0n) is 26.3. The third-order valence-electron chi connectivity index (χ3n) is 9.22. The van der Waals surface area contributed by atoms with Crippen molar-refractivity contribution in [3.05, 3.63) is 188 Å². The number of hydrogen-bond donors (Lipinski definition) is 0. The van der Waals surface area contributed by atoms with Gasteiger partial charge >= 0.3 is 258 Å². The first-order chi connectivity index (χ1) is 23.8. The van der Waals surface area contributed by atoms with E-state index < -0.39 is 0 Å². The molecule has 9 rings (SSSR count). The van der Waals surface area contributed by atoms with Gasteiger partial charge in [-0.2, -0.15) is 0 Å². The zero-order chi connectivity index (χ0) is 31.9. The summed E-state index contributed by atoms with van der Waals surface area (Å²) in [6.07, 6.45) is 0. The predicted molar refractivity (Wildman–Crippen MR) is 207 cm³/mol. The molecule has 0 aliphatic rings. The minimum Gasteiger partial charge on any atom is -0.0617 e. The molecule has 0 atom stereocenters. The van der Waals surface area contributed by atoms with Crippen molar-refractivity contribution < 1.29 is 0 Å². The maximum atomic E-state index is 2.42. The van der Waals surface area contributed by atoms with Gasteiger partial charge in [0.2, 0.25) is 0 Å². The summed E-state index contributed by atoms with van der Waals surface area (Å²) in [7, 11) is 0. The van der Waals surface area contributed by atoms with Crippen molar-refractivity contribution >= 4 is 61.6 Å². The number of anilines is 3. The van der Waals surface area contributed by atoms with Crippen LogP contribution < -0.4 is 4.90 Å². The Labute approximate surface area is 286 Å². The molecule has 0 unspecified atom stereocenters. The van der Waals surface area contributed by atoms with Gasteiger partial charge in [0.15, 0.2) is 0 Å². The summed E-state index contributed by atoms with van der Waals surface area (Å²) in [5.41, 5.74) is 10.6. The third kappa shape index (κ3) is 5.22. The zero-order valence-corrected chi connectivity index (χ0v) is 28.0. The summed E-state index contributed by atoms with van der Waals surface area (Å²) in [6, 6.07) is 68.6. The molecule has 1 heterocycles. The molecule has 0 amide bonds. The standard InChI is InChI=1S/C46H31NSe/c1-4-12-32(13-5-1)35-20-23-39(24-21-35)47(40-25-27-42-36(29-40)22-26-44-43-18-10-11-19-45(43)48-46(42)44)41-30-37(33-14-6-2-7-15-33)28-38(31-41)34-16-8-3-9-17-34/h1-31H. The number of benzene rings is 8. The van der Waals surface area contributed by atoms with Crippen LogP contribution in [0.2, 0.25) is 0 Å². The maximum absolute atomic E-state index is 2.42. The summed E-state index contributed by atoms with van der Waals surface area (Å²) < 4.78 is 2.96. The van der Waals surface area contributed by atoms with Crippen molar-refractivity contribution in [2.24, 2.45) is 0 Å². The van der Waals surface area contributed by atoms with Crippen molar-refractivity contribution in [1.29, 1.82) is 0 Å². The van der Waals surface area contributed by atoms with Crippen molar-refractivity contribution in [3.8, 4) is 33.4 Å². The smallest absolute Gasteiger partial charge is 0.0617 e. The second-order valence-corrected chi connectivity index (χ2v) is 14.4. The van der Waals surface area contributed by atoms with Crippen LogP contribution in [0.5, 0.6) is 0 Å². The summed E-state index contributed by atoms with van der Waals surface area (Å²) >= 11 is 0.300. The number of fused-ring (bicyclic) bond motifs is 5. The quantitative estimate of drug-likeness (QED) is 0.159. The minimum atomic E-state index is 0.300. The van der Waals surface area contributed by atoms with E-state index in [1.165, 1.54) is 63.4 Å². The van der Waals surface area contributed by atoms with Crippen LogP contribution in [0.15, 0.2) is 188 Å². The molecular weight excluding hydrogens is 645 g/mol. The fourth-order valence-electron chi connectivity index (χ4n) is 6.85. The Morgan fingerprint density at radius 1 is 0.312 bits per heavy atom. The van der Waals surface area contributed by atoms with Gasteiger partial charge in [0.1, 0.15) is 0 Å². The topological polar surface area (TPSA) is 3.24 Å². The van der Waals surface area contributed by atoms with Crippen LogP contribution in [0.4, 0.5) is 17.1 Å². The molecule has 0 fully saturated rings. The van der Waals surface area contributed by atoms with E-state index in [1.807, 2.05) is 0 Å². The monoisotopic (exact) mass is 677 g/mol. The number of nitrogens with zero attached hydrogens (tertiary/aromatic N) is 1. The van der Waals surface area contributed by atoms with E-state index in [0.717, 1.165) is 17.1 Å². The molecule has 0 saturated heterocycles. The fourth-order valence-corrected chi connectivity index (χ4v) is 9.45. The summed E-state index contributed by atoms with van der Waals surface area (Å²) in [4.78, 5) is 2.42. The molecule has 0 saturated carbocycles. The molecule has 0 bridgehead atoms. The van der Waals surface area contributed by atoms with Gasteiger partial charge in [-0.15, -0.1) is 0 Å². The van der Waals surface area contributed by atoms with Crippen molar-refractivity contribution in [2.45, 2.75) is 0 Å². The van der Waals surface area contributed by atoms with Crippen molar-refractivity contribution in [3.63, 3.8) is 0 Å². The van der Waals surface area contributed by atoms with Gasteiger partial charge in [-0.05, 0) is 0 Å². The van der Waals surface area contributed by atoms with Crippen molar-refractivity contribution in [1.82, 2.24) is 0 Å². The van der Waals surface area contributed by atoms with E-state index in [0.29, 0.717) is 14.5 Å². The van der Waals surface area contributed by atoms with Crippen molar-refractivity contribution in [2.75, 3.05) is 4.90 Å². The summed E-state index contributed by atoms with van der Waals surface area (Å²) in [5.74, 6) is 0. The van der Waals surface area contributed by atoms with Gasteiger partial charge in [-0.1, -0.05) is 30.3 Å². The van der Waals surface area contributed by atoms with E-state index in [2.05, 4.69) is 193 Å². The van der Waals surface area contributed by atoms with Crippen LogP contribution in [-0.2, 0) is 0 Å². The average Bonchev–Trinajstić information content (AvgIpc) is 3.55. The van der Waals surface area contributed by atoms with Crippen LogP contribution in [0.25, 0.3) is 63.4 Å². The normalized spacial score (nSPS) is 11.3. The van der Waals surface area contributed by atoms with E-state index >= 15 is 0 Å². The van der Waals surface area contributed by atoms with E-state index in [-0.39, 0.29) is 0 Å². The Hall–Kier alpha value is -5.66. The Balaban J connectivity index is 1.25. The molecule has 8 aromatic carbocycles. The Morgan fingerprint density at radius 3 is 1.48 bits per heavy atom. The van der Waals surface area contributed by atoms with Crippen LogP contribution in [0.3, 0.4) is 0 Å². The van der Waals surface area contributed by atoms with Gasteiger partial charge in [0.05, 0.1) is 0 Å². The minimum absolute atomic E-state index is 0.300. The molecule has 1 nitrogen and oxygen atoms in total. The average molecular weight is 677 g/mol. The first-order valence-corrected chi connectivity index (χ1v) is 18.1. The molecule has 0 radical (unpaired) electrons. The Morgan fingerprint density at radius 2 is 0.833 bits per heavy atom. The molecule has 1 aromatic heterocycles. The predicted octanol–water partition coefficient (Wildman–Crippen LogP) is 12.7. The third-order valence-corrected chi connectivity index (χ3v) is 11.8. The molecule has 226 valence electrons. The van der Waals surface area contributed by atoms with Crippen LogP contribution >= 0.6 is 0 Å². The molecule has 0 aliphatic carbocycles. The molecule has 48 heavy (non-hydrogen) atoms. The second kappa shape index (κ2) is 12.2. The Bertz CT molecular complexity index is 2480. The Kier molecular flexibility index (Phi) is 7.24. The SMILES string of the molecule is c1ccc(-c2ccc(N(c3cc(-c4ccccc4)cc(-c4ccccc4)c3)c3ccc4c(ccc5c6ccccc6[se]c45)c3)cc2)cc1. The molecular formula is C46H31NSe. The van der Waals surface area contributed by atoms with Gasteiger partial charge in [-0.3, -0.25) is 0 Å². The molecule has 0 N–H and O–H groups in total. The van der Waals surface area contributed by atoms with Crippen LogP contribution in [-0.4, -0.2) is 14.5 Å². The molecule has 0 aliphatic heterocycles. The van der Waals surface area contributed by atoms with Gasteiger partial charge < -0.3 is 0 Å². The molecule has 0 spiro atoms. The first kappa shape index (κ1) is 28.6. The van der Waals surface area contributed by atoms with E-state index in [1.54, 1.807) is 0 Å². The van der Waals surface area contributed by atoms with Crippen LogP contribution in [0.1, 0.15) is 0 Å². The molecule has 9 aromatic rings. The molecule has 2 heteroatoms. The summed E-state index contributed by atoms with van der Waals surface area (Å²) in [5, 5.41) is 5.41. The van der Waals surface area contributed by atoms with Crippen LogP contribution in [0, 0.1) is 0 Å². The van der Waals surface area contributed by atoms with Gasteiger partial charge in [0, 0.05) is 0 Å². The van der Waals surface area contributed by atoms with Gasteiger partial charge in [-0.25, -0.2) is 0 Å².